The average molecular weight is 448 g/mol. The molecule has 168 valence electrons. The number of anilines is 2. The van der Waals surface area contributed by atoms with Gasteiger partial charge in [-0.25, -0.2) is 4.39 Å². The summed E-state index contributed by atoms with van der Waals surface area (Å²) in [5.41, 5.74) is 1.02. The number of nitrogens with zero attached hydrogens (tertiary/aromatic N) is 2. The Balaban J connectivity index is 1.34. The van der Waals surface area contributed by atoms with Crippen LogP contribution in [0, 0.1) is 5.82 Å². The van der Waals surface area contributed by atoms with Crippen LogP contribution >= 0.6 is 0 Å². The normalized spacial score (nSPS) is 11.6. The highest BCUT2D eigenvalue weighted by molar-refractivity contribution is 6.03. The summed E-state index contributed by atoms with van der Waals surface area (Å²) in [5.74, 6) is -0.00197. The third kappa shape index (κ3) is 5.65. The standard InChI is InChI=1S/C24H21FN4O4/c1-16(29-13-3-12-26-29)23(30)27-18-4-2-5-19(14-18)28-24(31)22-11-10-21(33-22)15-32-20-8-6-17(25)7-9-20/h2-14,16H,15H2,1H3,(H,27,30)(H,28,31). The van der Waals surface area contributed by atoms with Crippen molar-refractivity contribution < 1.29 is 23.1 Å². The highest BCUT2D eigenvalue weighted by Gasteiger charge is 2.16. The molecule has 2 amide bonds. The van der Waals surface area contributed by atoms with E-state index in [1.54, 1.807) is 60.4 Å². The number of aromatic nitrogens is 2. The van der Waals surface area contributed by atoms with E-state index in [1.807, 2.05) is 0 Å². The molecular weight excluding hydrogens is 427 g/mol. The molecule has 0 fully saturated rings. The molecule has 0 aliphatic rings. The third-order valence-corrected chi connectivity index (χ3v) is 4.77. The lowest BCUT2D eigenvalue weighted by molar-refractivity contribution is -0.119. The Morgan fingerprint density at radius 2 is 1.82 bits per heavy atom. The molecule has 1 unspecified atom stereocenters. The Hall–Kier alpha value is -4.40. The van der Waals surface area contributed by atoms with Crippen molar-refractivity contribution in [3.05, 3.63) is 96.5 Å². The number of hydrogen-bond donors (Lipinski definition) is 2. The Morgan fingerprint density at radius 3 is 2.55 bits per heavy atom. The number of halogens is 1. The second-order valence-electron chi connectivity index (χ2n) is 7.19. The lowest BCUT2D eigenvalue weighted by Gasteiger charge is -2.13. The Morgan fingerprint density at radius 1 is 1.06 bits per heavy atom. The van der Waals surface area contributed by atoms with Crippen molar-refractivity contribution in [1.82, 2.24) is 9.78 Å². The van der Waals surface area contributed by atoms with Gasteiger partial charge in [0, 0.05) is 23.8 Å². The zero-order chi connectivity index (χ0) is 23.2. The van der Waals surface area contributed by atoms with Crippen molar-refractivity contribution in [2.45, 2.75) is 19.6 Å². The van der Waals surface area contributed by atoms with Gasteiger partial charge in [0.2, 0.25) is 5.91 Å². The number of nitrogens with one attached hydrogen (secondary N) is 2. The van der Waals surface area contributed by atoms with Crippen molar-refractivity contribution >= 4 is 23.2 Å². The Labute approximate surface area is 189 Å². The van der Waals surface area contributed by atoms with Gasteiger partial charge in [-0.15, -0.1) is 0 Å². The number of carbonyl (C=O) groups is 2. The molecule has 2 aromatic heterocycles. The van der Waals surface area contributed by atoms with Crippen LogP contribution in [0.1, 0.15) is 29.3 Å². The van der Waals surface area contributed by atoms with E-state index >= 15 is 0 Å². The molecule has 2 heterocycles. The van der Waals surface area contributed by atoms with Gasteiger partial charge in [-0.2, -0.15) is 5.10 Å². The van der Waals surface area contributed by atoms with Crippen molar-refractivity contribution in [2.75, 3.05) is 10.6 Å². The van der Waals surface area contributed by atoms with Gasteiger partial charge in [0.05, 0.1) is 0 Å². The fourth-order valence-electron chi connectivity index (χ4n) is 3.01. The first kappa shape index (κ1) is 21.8. The molecular formula is C24H21FN4O4. The molecule has 0 radical (unpaired) electrons. The lowest BCUT2D eigenvalue weighted by Crippen LogP contribution is -2.24. The van der Waals surface area contributed by atoms with Crippen LogP contribution < -0.4 is 15.4 Å². The molecule has 0 bridgehead atoms. The van der Waals surface area contributed by atoms with Crippen LogP contribution in [0.4, 0.5) is 15.8 Å². The highest BCUT2D eigenvalue weighted by atomic mass is 19.1. The summed E-state index contributed by atoms with van der Waals surface area (Å²) in [6.45, 7) is 1.83. The number of amides is 2. The van der Waals surface area contributed by atoms with Crippen LogP contribution in [0.2, 0.25) is 0 Å². The van der Waals surface area contributed by atoms with Crippen LogP contribution in [0.3, 0.4) is 0 Å². The van der Waals surface area contributed by atoms with Gasteiger partial charge in [-0.1, -0.05) is 6.07 Å². The van der Waals surface area contributed by atoms with Gasteiger partial charge < -0.3 is 19.8 Å². The molecule has 4 rings (SSSR count). The summed E-state index contributed by atoms with van der Waals surface area (Å²) >= 11 is 0. The van der Waals surface area contributed by atoms with E-state index in [4.69, 9.17) is 9.15 Å². The van der Waals surface area contributed by atoms with Gasteiger partial charge in [0.1, 0.15) is 30.0 Å². The first-order chi connectivity index (χ1) is 16.0. The van der Waals surface area contributed by atoms with Crippen LogP contribution in [-0.2, 0) is 11.4 Å². The second kappa shape index (κ2) is 9.82. The predicted molar refractivity (Wildman–Crippen MR) is 119 cm³/mol. The van der Waals surface area contributed by atoms with Gasteiger partial charge in [-0.05, 0) is 67.6 Å². The molecule has 4 aromatic rings. The molecule has 0 aliphatic carbocycles. The van der Waals surface area contributed by atoms with Gasteiger partial charge in [0.25, 0.3) is 5.91 Å². The molecule has 0 aliphatic heterocycles. The fourth-order valence-corrected chi connectivity index (χ4v) is 3.01. The maximum atomic E-state index is 13.0. The molecule has 1 atom stereocenters. The van der Waals surface area contributed by atoms with Crippen molar-refractivity contribution in [2.24, 2.45) is 0 Å². The van der Waals surface area contributed by atoms with E-state index in [1.165, 1.54) is 30.3 Å². The molecule has 0 saturated carbocycles. The zero-order valence-electron chi connectivity index (χ0n) is 17.7. The molecule has 8 nitrogen and oxygen atoms in total. The van der Waals surface area contributed by atoms with Crippen molar-refractivity contribution in [3.8, 4) is 5.75 Å². The average Bonchev–Trinajstić information content (AvgIpc) is 3.51. The Bertz CT molecular complexity index is 1240. The summed E-state index contributed by atoms with van der Waals surface area (Å²) in [6.07, 6.45) is 3.32. The number of furan rings is 1. The largest absolute Gasteiger partial charge is 0.486 e. The van der Waals surface area contributed by atoms with E-state index in [9.17, 15) is 14.0 Å². The number of carbonyl (C=O) groups excluding carboxylic acids is 2. The monoisotopic (exact) mass is 448 g/mol. The first-order valence-electron chi connectivity index (χ1n) is 10.2. The molecule has 0 saturated heterocycles. The predicted octanol–water partition coefficient (Wildman–Crippen LogP) is 4.65. The minimum Gasteiger partial charge on any atom is -0.486 e. The van der Waals surface area contributed by atoms with Gasteiger partial charge in [-0.3, -0.25) is 14.3 Å². The smallest absolute Gasteiger partial charge is 0.291 e. The topological polar surface area (TPSA) is 98.4 Å². The van der Waals surface area contributed by atoms with Crippen LogP contribution in [-0.4, -0.2) is 21.6 Å². The van der Waals surface area contributed by atoms with Gasteiger partial charge in [0.15, 0.2) is 5.76 Å². The minimum absolute atomic E-state index is 0.0921. The number of benzene rings is 2. The van der Waals surface area contributed by atoms with Crippen molar-refractivity contribution in [1.29, 1.82) is 0 Å². The highest BCUT2D eigenvalue weighted by Crippen LogP contribution is 2.19. The first-order valence-corrected chi connectivity index (χ1v) is 10.2. The summed E-state index contributed by atoms with van der Waals surface area (Å²) in [6, 6.07) is 16.8. The van der Waals surface area contributed by atoms with E-state index in [0.29, 0.717) is 22.9 Å². The molecule has 2 N–H and O–H groups in total. The van der Waals surface area contributed by atoms with Crippen LogP contribution in [0.25, 0.3) is 0 Å². The number of rotatable bonds is 8. The van der Waals surface area contributed by atoms with E-state index in [-0.39, 0.29) is 24.1 Å². The quantitative estimate of drug-likeness (QED) is 0.409. The minimum atomic E-state index is -0.489. The SMILES string of the molecule is CC(C(=O)Nc1cccc(NC(=O)c2ccc(COc3ccc(F)cc3)o2)c1)n1cccn1. The van der Waals surface area contributed by atoms with E-state index in [2.05, 4.69) is 15.7 Å². The molecule has 2 aromatic carbocycles. The molecule has 33 heavy (non-hydrogen) atoms. The van der Waals surface area contributed by atoms with E-state index in [0.717, 1.165) is 0 Å². The maximum absolute atomic E-state index is 13.0. The van der Waals surface area contributed by atoms with Crippen molar-refractivity contribution in [3.63, 3.8) is 0 Å². The van der Waals surface area contributed by atoms with Gasteiger partial charge >= 0.3 is 0 Å². The summed E-state index contributed by atoms with van der Waals surface area (Å²) in [4.78, 5) is 25.0. The Kier molecular flexibility index (Phi) is 6.49. The summed E-state index contributed by atoms with van der Waals surface area (Å²) in [5, 5.41) is 9.62. The number of hydrogen-bond acceptors (Lipinski definition) is 5. The second-order valence-corrected chi connectivity index (χ2v) is 7.19. The summed E-state index contributed by atoms with van der Waals surface area (Å²) in [7, 11) is 0. The van der Waals surface area contributed by atoms with Crippen LogP contribution in [0.15, 0.2) is 83.5 Å². The zero-order valence-corrected chi connectivity index (χ0v) is 17.7. The number of ether oxygens (including phenoxy) is 1. The van der Waals surface area contributed by atoms with E-state index < -0.39 is 11.9 Å². The fraction of sp³-hybridized carbons (Fsp3) is 0.125. The molecule has 9 heteroatoms. The lowest BCUT2D eigenvalue weighted by atomic mass is 10.2. The summed E-state index contributed by atoms with van der Waals surface area (Å²) < 4.78 is 25.6. The molecule has 0 spiro atoms. The maximum Gasteiger partial charge on any atom is 0.291 e. The van der Waals surface area contributed by atoms with Crippen LogP contribution in [0.5, 0.6) is 5.75 Å². The third-order valence-electron chi connectivity index (χ3n) is 4.77.